The summed E-state index contributed by atoms with van der Waals surface area (Å²) in [7, 11) is 0. The molecule has 1 fully saturated rings. The van der Waals surface area contributed by atoms with Crippen molar-refractivity contribution in [2.75, 3.05) is 37.7 Å². The van der Waals surface area contributed by atoms with Crippen molar-refractivity contribution in [3.8, 4) is 6.07 Å². The number of nitriles is 1. The predicted molar refractivity (Wildman–Crippen MR) is 126 cm³/mol. The summed E-state index contributed by atoms with van der Waals surface area (Å²) < 4.78 is 5.24. The summed E-state index contributed by atoms with van der Waals surface area (Å²) in [4.78, 5) is 28.0. The normalized spacial score (nSPS) is 14.9. The fourth-order valence-electron chi connectivity index (χ4n) is 4.13. The highest BCUT2D eigenvalue weighted by Crippen LogP contribution is 2.36. The average Bonchev–Trinajstić information content (AvgIpc) is 2.95. The zero-order chi connectivity index (χ0) is 22.7. The first-order valence-electron chi connectivity index (χ1n) is 10.9. The van der Waals surface area contributed by atoms with E-state index < -0.39 is 0 Å². The van der Waals surface area contributed by atoms with Crippen molar-refractivity contribution >= 4 is 33.3 Å². The molecule has 0 amide bonds. The standard InChI is InChI=1S/C24H27N5O2S/c1-4-31-24(30)21-16(2)20-22(26-17(3)27-23(20)32-21)29-11-5-10-28(12-13-29)15-19-8-6-18(14-25)7-9-19/h6-9H,4-5,10-13,15H2,1-3H3. The van der Waals surface area contributed by atoms with E-state index in [-0.39, 0.29) is 5.97 Å². The van der Waals surface area contributed by atoms with Crippen LogP contribution in [-0.4, -0.2) is 53.6 Å². The van der Waals surface area contributed by atoms with Gasteiger partial charge in [0.1, 0.15) is 21.3 Å². The summed E-state index contributed by atoms with van der Waals surface area (Å²) in [5.74, 6) is 1.33. The highest BCUT2D eigenvalue weighted by atomic mass is 32.1. The molecule has 3 aromatic rings. The topological polar surface area (TPSA) is 82.3 Å². The molecule has 1 aliphatic heterocycles. The number of nitrogens with zero attached hydrogens (tertiary/aromatic N) is 5. The van der Waals surface area contributed by atoms with E-state index >= 15 is 0 Å². The Morgan fingerprint density at radius 2 is 1.94 bits per heavy atom. The third-order valence-corrected chi connectivity index (χ3v) is 6.89. The molecule has 0 radical (unpaired) electrons. The van der Waals surface area contributed by atoms with Crippen molar-refractivity contribution < 1.29 is 9.53 Å². The van der Waals surface area contributed by atoms with Crippen LogP contribution in [0.25, 0.3) is 10.2 Å². The SMILES string of the molecule is CCOC(=O)c1sc2nc(C)nc(N3CCCN(Cc4ccc(C#N)cc4)CC3)c2c1C. The smallest absolute Gasteiger partial charge is 0.348 e. The number of aromatic nitrogens is 2. The molecule has 1 aliphatic rings. The molecular weight excluding hydrogens is 422 g/mol. The molecule has 2 aromatic heterocycles. The first-order chi connectivity index (χ1) is 15.5. The van der Waals surface area contributed by atoms with Gasteiger partial charge >= 0.3 is 5.97 Å². The largest absolute Gasteiger partial charge is 0.462 e. The van der Waals surface area contributed by atoms with Crippen LogP contribution < -0.4 is 4.90 Å². The Bertz CT molecular complexity index is 1170. The van der Waals surface area contributed by atoms with Crippen LogP contribution in [0.4, 0.5) is 5.82 Å². The molecule has 0 atom stereocenters. The zero-order valence-corrected chi connectivity index (χ0v) is 19.5. The lowest BCUT2D eigenvalue weighted by Crippen LogP contribution is -2.31. The first-order valence-corrected chi connectivity index (χ1v) is 11.7. The first kappa shape index (κ1) is 22.2. The third kappa shape index (κ3) is 4.59. The van der Waals surface area contributed by atoms with Gasteiger partial charge in [-0.25, -0.2) is 14.8 Å². The second kappa shape index (κ2) is 9.63. The van der Waals surface area contributed by atoms with Crippen molar-refractivity contribution in [1.82, 2.24) is 14.9 Å². The van der Waals surface area contributed by atoms with E-state index in [1.165, 1.54) is 16.9 Å². The van der Waals surface area contributed by atoms with E-state index in [0.29, 0.717) is 22.9 Å². The van der Waals surface area contributed by atoms with Gasteiger partial charge in [-0.3, -0.25) is 4.90 Å². The van der Waals surface area contributed by atoms with E-state index in [2.05, 4.69) is 20.9 Å². The quantitative estimate of drug-likeness (QED) is 0.543. The molecule has 7 nitrogen and oxygen atoms in total. The van der Waals surface area contributed by atoms with Crippen LogP contribution in [0.3, 0.4) is 0 Å². The lowest BCUT2D eigenvalue weighted by Gasteiger charge is -2.24. The van der Waals surface area contributed by atoms with E-state index in [0.717, 1.165) is 60.7 Å². The van der Waals surface area contributed by atoms with Gasteiger partial charge in [0.15, 0.2) is 0 Å². The monoisotopic (exact) mass is 449 g/mol. The fourth-order valence-corrected chi connectivity index (χ4v) is 5.24. The van der Waals surface area contributed by atoms with Crippen LogP contribution in [0.5, 0.6) is 0 Å². The summed E-state index contributed by atoms with van der Waals surface area (Å²) in [6.07, 6.45) is 1.02. The van der Waals surface area contributed by atoms with Gasteiger partial charge in [0.05, 0.1) is 23.6 Å². The maximum Gasteiger partial charge on any atom is 0.348 e. The van der Waals surface area contributed by atoms with Crippen molar-refractivity contribution in [1.29, 1.82) is 5.26 Å². The molecule has 0 bridgehead atoms. The minimum Gasteiger partial charge on any atom is -0.462 e. The van der Waals surface area contributed by atoms with Crippen LogP contribution in [0.15, 0.2) is 24.3 Å². The molecular formula is C24H27N5O2S. The minimum atomic E-state index is -0.291. The maximum atomic E-state index is 12.4. The van der Waals surface area contributed by atoms with Crippen molar-refractivity contribution in [3.05, 3.63) is 51.7 Å². The summed E-state index contributed by atoms with van der Waals surface area (Å²) in [6, 6.07) is 9.99. The second-order valence-electron chi connectivity index (χ2n) is 7.98. The Hall–Kier alpha value is -3.02. The maximum absolute atomic E-state index is 12.4. The number of hydrogen-bond acceptors (Lipinski definition) is 8. The van der Waals surface area contributed by atoms with E-state index in [4.69, 9.17) is 15.0 Å². The number of esters is 1. The van der Waals surface area contributed by atoms with E-state index in [9.17, 15) is 4.79 Å². The van der Waals surface area contributed by atoms with Gasteiger partial charge in [-0.2, -0.15) is 5.26 Å². The van der Waals surface area contributed by atoms with Crippen molar-refractivity contribution in [2.45, 2.75) is 33.7 Å². The van der Waals surface area contributed by atoms with Gasteiger partial charge < -0.3 is 9.64 Å². The predicted octanol–water partition coefficient (Wildman–Crippen LogP) is 4.07. The molecule has 32 heavy (non-hydrogen) atoms. The number of hydrogen-bond donors (Lipinski definition) is 0. The van der Waals surface area contributed by atoms with Gasteiger partial charge in [0, 0.05) is 32.7 Å². The molecule has 0 unspecified atom stereocenters. The Labute approximate surface area is 192 Å². The number of thiophene rings is 1. The van der Waals surface area contributed by atoms with Crippen LogP contribution >= 0.6 is 11.3 Å². The Balaban J connectivity index is 1.56. The van der Waals surface area contributed by atoms with Gasteiger partial charge in [-0.15, -0.1) is 11.3 Å². The molecule has 0 spiro atoms. The number of rotatable bonds is 5. The lowest BCUT2D eigenvalue weighted by atomic mass is 10.1. The van der Waals surface area contributed by atoms with Gasteiger partial charge in [-0.05, 0) is 50.5 Å². The highest BCUT2D eigenvalue weighted by Gasteiger charge is 2.25. The number of anilines is 1. The summed E-state index contributed by atoms with van der Waals surface area (Å²) >= 11 is 1.39. The Morgan fingerprint density at radius 1 is 1.16 bits per heavy atom. The molecule has 0 saturated carbocycles. The molecule has 0 aliphatic carbocycles. The van der Waals surface area contributed by atoms with Crippen molar-refractivity contribution in [3.63, 3.8) is 0 Å². The number of fused-ring (bicyclic) bond motifs is 1. The number of benzene rings is 1. The van der Waals surface area contributed by atoms with Gasteiger partial charge in [-0.1, -0.05) is 12.1 Å². The van der Waals surface area contributed by atoms with E-state index in [1.807, 2.05) is 45.0 Å². The summed E-state index contributed by atoms with van der Waals surface area (Å²) in [6.45, 7) is 10.6. The number of carbonyl (C=O) groups excluding carboxylic acids is 1. The molecule has 0 N–H and O–H groups in total. The molecule has 1 saturated heterocycles. The lowest BCUT2D eigenvalue weighted by molar-refractivity contribution is 0.0531. The van der Waals surface area contributed by atoms with Crippen LogP contribution in [0.2, 0.25) is 0 Å². The van der Waals surface area contributed by atoms with Crippen LogP contribution in [0, 0.1) is 25.2 Å². The molecule has 1 aromatic carbocycles. The third-order valence-electron chi connectivity index (χ3n) is 5.72. The second-order valence-corrected chi connectivity index (χ2v) is 8.98. The van der Waals surface area contributed by atoms with Crippen LogP contribution in [-0.2, 0) is 11.3 Å². The number of carbonyl (C=O) groups is 1. The Kier molecular flexibility index (Phi) is 6.68. The minimum absolute atomic E-state index is 0.291. The van der Waals surface area contributed by atoms with Gasteiger partial charge in [0.2, 0.25) is 0 Å². The number of ether oxygens (including phenoxy) is 1. The molecule has 166 valence electrons. The highest BCUT2D eigenvalue weighted by molar-refractivity contribution is 7.20. The van der Waals surface area contributed by atoms with Crippen molar-refractivity contribution in [2.24, 2.45) is 0 Å². The van der Waals surface area contributed by atoms with Crippen LogP contribution in [0.1, 0.15) is 45.5 Å². The van der Waals surface area contributed by atoms with E-state index in [1.54, 1.807) is 0 Å². The summed E-state index contributed by atoms with van der Waals surface area (Å²) in [5.41, 5.74) is 2.80. The molecule has 8 heteroatoms. The fraction of sp³-hybridized carbons (Fsp3) is 0.417. The number of aryl methyl sites for hydroxylation is 2. The summed E-state index contributed by atoms with van der Waals surface area (Å²) in [5, 5.41) is 9.96. The zero-order valence-electron chi connectivity index (χ0n) is 18.7. The molecule has 3 heterocycles. The average molecular weight is 450 g/mol. The molecule has 4 rings (SSSR count). The Morgan fingerprint density at radius 3 is 2.66 bits per heavy atom. The van der Waals surface area contributed by atoms with Gasteiger partial charge in [0.25, 0.3) is 0 Å².